The average Bonchev–Trinajstić information content (AvgIpc) is 2.18. The number of nitrogens with one attached hydrogen (secondary N) is 1. The number of thioether (sulfide) groups is 1. The predicted molar refractivity (Wildman–Crippen MR) is 73.1 cm³/mol. The Hall–Kier alpha value is 0.270. The predicted octanol–water partition coefficient (Wildman–Crippen LogP) is 2.80. The van der Waals surface area contributed by atoms with Gasteiger partial charge in [0.1, 0.15) is 0 Å². The molecule has 2 N–H and O–H groups in total. The summed E-state index contributed by atoms with van der Waals surface area (Å²) in [4.78, 5) is 0. The highest BCUT2D eigenvalue weighted by Gasteiger charge is 2.21. The summed E-state index contributed by atoms with van der Waals surface area (Å²) in [6, 6.07) is 1.20. The van der Waals surface area contributed by atoms with Crippen molar-refractivity contribution in [3.63, 3.8) is 0 Å². The lowest BCUT2D eigenvalue weighted by atomic mass is 9.93. The van der Waals surface area contributed by atoms with Gasteiger partial charge in [-0.25, -0.2) is 0 Å². The molecule has 0 saturated heterocycles. The van der Waals surface area contributed by atoms with E-state index < -0.39 is 0 Å². The molecular weight excluding hydrogens is 218 g/mol. The Labute approximate surface area is 105 Å². The van der Waals surface area contributed by atoms with Gasteiger partial charge in [-0.15, -0.1) is 0 Å². The van der Waals surface area contributed by atoms with E-state index in [0.29, 0.717) is 16.8 Å². The lowest BCUT2D eigenvalue weighted by Gasteiger charge is -2.30. The van der Waals surface area contributed by atoms with Gasteiger partial charge in [-0.05, 0) is 32.6 Å². The van der Waals surface area contributed by atoms with Gasteiger partial charge in [0, 0.05) is 22.6 Å². The molecule has 1 rings (SSSR count). The first-order valence-corrected chi connectivity index (χ1v) is 7.43. The fourth-order valence-corrected chi connectivity index (χ4v) is 2.91. The molecule has 0 aromatic heterocycles. The Morgan fingerprint density at radius 1 is 1.25 bits per heavy atom. The molecule has 1 fully saturated rings. The molecule has 0 bridgehead atoms. The third kappa shape index (κ3) is 6.12. The van der Waals surface area contributed by atoms with Gasteiger partial charge >= 0.3 is 0 Å². The third-order valence-corrected chi connectivity index (χ3v) is 4.52. The summed E-state index contributed by atoms with van der Waals surface area (Å²) < 4.78 is 0.360. The lowest BCUT2D eigenvalue weighted by Crippen LogP contribution is -2.41. The van der Waals surface area contributed by atoms with Crippen molar-refractivity contribution in [2.75, 3.05) is 5.75 Å². The van der Waals surface area contributed by atoms with E-state index >= 15 is 0 Å². The molecule has 0 spiro atoms. The molecule has 16 heavy (non-hydrogen) atoms. The number of hydrogen-bond acceptors (Lipinski definition) is 3. The van der Waals surface area contributed by atoms with Crippen molar-refractivity contribution in [3.8, 4) is 0 Å². The third-order valence-electron chi connectivity index (χ3n) is 2.98. The van der Waals surface area contributed by atoms with Crippen molar-refractivity contribution in [3.05, 3.63) is 0 Å². The van der Waals surface area contributed by atoms with Gasteiger partial charge in [0.2, 0.25) is 0 Å². The molecule has 1 atom stereocenters. The fourth-order valence-electron chi connectivity index (χ4n) is 2.07. The van der Waals surface area contributed by atoms with Gasteiger partial charge in [0.25, 0.3) is 0 Å². The number of aliphatic hydroxyl groups excluding tert-OH is 1. The summed E-state index contributed by atoms with van der Waals surface area (Å²) >= 11 is 2.02. The molecule has 1 unspecified atom stereocenters. The highest BCUT2D eigenvalue weighted by molar-refractivity contribution is 8.00. The average molecular weight is 245 g/mol. The van der Waals surface area contributed by atoms with Gasteiger partial charge in [0.15, 0.2) is 0 Å². The molecular formula is C13H27NOS. The zero-order valence-corrected chi connectivity index (χ0v) is 11.9. The van der Waals surface area contributed by atoms with Gasteiger partial charge in [-0.1, -0.05) is 20.8 Å². The SMILES string of the molecule is CC(CSC(C)(C)C)NC1CCC(O)CC1. The Morgan fingerprint density at radius 3 is 2.31 bits per heavy atom. The van der Waals surface area contributed by atoms with Crippen LogP contribution < -0.4 is 5.32 Å². The minimum atomic E-state index is -0.0442. The van der Waals surface area contributed by atoms with Crippen molar-refractivity contribution >= 4 is 11.8 Å². The van der Waals surface area contributed by atoms with Gasteiger partial charge < -0.3 is 10.4 Å². The molecule has 0 aliphatic heterocycles. The Kier molecular flexibility index (Phi) is 5.62. The standard InChI is InChI=1S/C13H27NOS/c1-10(9-16-13(2,3)4)14-11-5-7-12(15)8-6-11/h10-12,14-15H,5-9H2,1-4H3. The van der Waals surface area contributed by atoms with E-state index in [4.69, 9.17) is 0 Å². The van der Waals surface area contributed by atoms with Crippen LogP contribution in [0.25, 0.3) is 0 Å². The summed E-state index contributed by atoms with van der Waals surface area (Å²) in [6.07, 6.45) is 4.16. The van der Waals surface area contributed by atoms with E-state index in [9.17, 15) is 5.11 Å². The van der Waals surface area contributed by atoms with Crippen LogP contribution in [0.4, 0.5) is 0 Å². The Balaban J connectivity index is 2.16. The lowest BCUT2D eigenvalue weighted by molar-refractivity contribution is 0.115. The first kappa shape index (κ1) is 14.3. The van der Waals surface area contributed by atoms with Gasteiger partial charge in [0.05, 0.1) is 6.10 Å². The first-order chi connectivity index (χ1) is 7.37. The van der Waals surface area contributed by atoms with Crippen LogP contribution in [-0.2, 0) is 0 Å². The molecule has 0 radical (unpaired) electrons. The quantitative estimate of drug-likeness (QED) is 0.799. The van der Waals surface area contributed by atoms with E-state index in [2.05, 4.69) is 33.0 Å². The summed E-state index contributed by atoms with van der Waals surface area (Å²) in [7, 11) is 0. The van der Waals surface area contributed by atoms with Crippen molar-refractivity contribution in [1.29, 1.82) is 0 Å². The van der Waals surface area contributed by atoms with Crippen LogP contribution in [0, 0.1) is 0 Å². The van der Waals surface area contributed by atoms with Crippen LogP contribution in [0.3, 0.4) is 0 Å². The zero-order chi connectivity index (χ0) is 12.2. The van der Waals surface area contributed by atoms with E-state index in [1.54, 1.807) is 0 Å². The smallest absolute Gasteiger partial charge is 0.0541 e. The molecule has 1 saturated carbocycles. The molecule has 0 heterocycles. The van der Waals surface area contributed by atoms with E-state index in [1.807, 2.05) is 11.8 Å². The van der Waals surface area contributed by atoms with Crippen LogP contribution in [-0.4, -0.2) is 33.8 Å². The number of aliphatic hydroxyl groups is 1. The highest BCUT2D eigenvalue weighted by Crippen LogP contribution is 2.24. The van der Waals surface area contributed by atoms with Crippen LogP contribution in [0.2, 0.25) is 0 Å². The molecule has 0 amide bonds. The second-order valence-corrected chi connectivity index (χ2v) is 7.84. The molecule has 1 aliphatic rings. The van der Waals surface area contributed by atoms with E-state index in [1.165, 1.54) is 5.75 Å². The molecule has 2 nitrogen and oxygen atoms in total. The van der Waals surface area contributed by atoms with Crippen LogP contribution in [0.5, 0.6) is 0 Å². The normalized spacial score (nSPS) is 29.1. The van der Waals surface area contributed by atoms with Crippen molar-refractivity contribution in [1.82, 2.24) is 5.32 Å². The van der Waals surface area contributed by atoms with Crippen molar-refractivity contribution in [2.24, 2.45) is 0 Å². The van der Waals surface area contributed by atoms with Gasteiger partial charge in [-0.2, -0.15) is 11.8 Å². The van der Waals surface area contributed by atoms with E-state index in [-0.39, 0.29) is 6.10 Å². The van der Waals surface area contributed by atoms with Crippen LogP contribution in [0.15, 0.2) is 0 Å². The van der Waals surface area contributed by atoms with Gasteiger partial charge in [-0.3, -0.25) is 0 Å². The summed E-state index contributed by atoms with van der Waals surface area (Å²) in [6.45, 7) is 9.06. The molecule has 0 aromatic rings. The van der Waals surface area contributed by atoms with Crippen LogP contribution >= 0.6 is 11.8 Å². The fraction of sp³-hybridized carbons (Fsp3) is 1.00. The molecule has 1 aliphatic carbocycles. The molecule has 96 valence electrons. The Bertz CT molecular complexity index is 195. The summed E-state index contributed by atoms with van der Waals surface area (Å²) in [5, 5.41) is 13.1. The molecule has 3 heteroatoms. The number of hydrogen-bond donors (Lipinski definition) is 2. The highest BCUT2D eigenvalue weighted by atomic mass is 32.2. The maximum Gasteiger partial charge on any atom is 0.0541 e. The number of rotatable bonds is 4. The minimum absolute atomic E-state index is 0.0442. The summed E-state index contributed by atoms with van der Waals surface area (Å²) in [5.41, 5.74) is 0. The minimum Gasteiger partial charge on any atom is -0.393 e. The second kappa shape index (κ2) is 6.27. The maximum atomic E-state index is 9.44. The second-order valence-electron chi connectivity index (χ2n) is 6.00. The maximum absolute atomic E-state index is 9.44. The van der Waals surface area contributed by atoms with Crippen molar-refractivity contribution < 1.29 is 5.11 Å². The summed E-state index contributed by atoms with van der Waals surface area (Å²) in [5.74, 6) is 1.17. The zero-order valence-electron chi connectivity index (χ0n) is 11.1. The Morgan fingerprint density at radius 2 is 1.81 bits per heavy atom. The monoisotopic (exact) mass is 245 g/mol. The first-order valence-electron chi connectivity index (χ1n) is 6.45. The molecule has 0 aromatic carbocycles. The van der Waals surface area contributed by atoms with E-state index in [0.717, 1.165) is 25.7 Å². The van der Waals surface area contributed by atoms with Crippen LogP contribution in [0.1, 0.15) is 53.4 Å². The topological polar surface area (TPSA) is 32.3 Å². The van der Waals surface area contributed by atoms with Crippen molar-refractivity contribution in [2.45, 2.75) is 76.3 Å². The largest absolute Gasteiger partial charge is 0.393 e.